The van der Waals surface area contributed by atoms with E-state index in [1.54, 1.807) is 7.05 Å². The van der Waals surface area contributed by atoms with E-state index in [1.807, 2.05) is 0 Å². The van der Waals surface area contributed by atoms with Crippen LogP contribution in [0.3, 0.4) is 0 Å². The molecule has 0 fully saturated rings. The number of carboxylic acid groups (broad SMARTS) is 2. The molecule has 0 radical (unpaired) electrons. The minimum absolute atomic E-state index is 0.0148. The second-order valence-corrected chi connectivity index (χ2v) is 3.07. The zero-order valence-corrected chi connectivity index (χ0v) is 9.46. The van der Waals surface area contributed by atoms with Crippen LogP contribution >= 0.6 is 0 Å². The second-order valence-electron chi connectivity index (χ2n) is 3.07. The lowest BCUT2D eigenvalue weighted by Crippen LogP contribution is -2.34. The molecule has 17 heavy (non-hydrogen) atoms. The second kappa shape index (κ2) is 9.36. The molecule has 100 valence electrons. The summed E-state index contributed by atoms with van der Waals surface area (Å²) in [5, 5.41) is 31.1. The fourth-order valence-corrected chi connectivity index (χ4v) is 0.546. The fourth-order valence-electron chi connectivity index (χ4n) is 0.546. The predicted molar refractivity (Wildman–Crippen MR) is 59.5 cm³/mol. The highest BCUT2D eigenvalue weighted by atomic mass is 16.4. The third-order valence-electron chi connectivity index (χ3n) is 1.56. The molecule has 0 aromatic rings. The highest BCUT2D eigenvalue weighted by Gasteiger charge is 2.14. The summed E-state index contributed by atoms with van der Waals surface area (Å²) < 4.78 is 0. The van der Waals surface area contributed by atoms with Gasteiger partial charge in [-0.25, -0.2) is 0 Å². The monoisotopic (exact) mass is 250 g/mol. The van der Waals surface area contributed by atoms with Crippen LogP contribution in [0, 0.1) is 5.41 Å². The van der Waals surface area contributed by atoms with Gasteiger partial charge in [0, 0.05) is 13.6 Å². The van der Waals surface area contributed by atoms with Crippen LogP contribution in [0.1, 0.15) is 6.42 Å². The Bertz CT molecular complexity index is 271. The Morgan fingerprint density at radius 3 is 2.00 bits per heavy atom. The van der Waals surface area contributed by atoms with E-state index in [1.165, 1.54) is 4.90 Å². The summed E-state index contributed by atoms with van der Waals surface area (Å²) in [6, 6.07) is -1.29. The number of nitrogens with zero attached hydrogens (tertiary/aromatic N) is 1. The van der Waals surface area contributed by atoms with Crippen LogP contribution in [0.5, 0.6) is 0 Å². The first-order valence-corrected chi connectivity index (χ1v) is 4.58. The molecule has 1 atom stereocenters. The van der Waals surface area contributed by atoms with Gasteiger partial charge in [-0.3, -0.25) is 15.0 Å². The van der Waals surface area contributed by atoms with Gasteiger partial charge in [-0.15, -0.1) is 0 Å². The number of rotatable bonds is 5. The largest absolute Gasteiger partial charge is 0.481 e. The molecule has 9 nitrogen and oxygen atoms in total. The molecular weight excluding hydrogens is 232 g/mol. The van der Waals surface area contributed by atoms with Gasteiger partial charge in [-0.1, -0.05) is 0 Å². The number of aliphatic hydroxyl groups is 1. The summed E-state index contributed by atoms with van der Waals surface area (Å²) in [5.41, 5.74) is 9.86. The number of carboxylic acids is 2. The fraction of sp³-hybridized carbons (Fsp3) is 0.625. The molecular formula is C8H18N4O5. The van der Waals surface area contributed by atoms with Crippen molar-refractivity contribution < 1.29 is 24.9 Å². The molecule has 0 heterocycles. The van der Waals surface area contributed by atoms with Crippen molar-refractivity contribution in [3.8, 4) is 0 Å². The Labute approximate surface area is 98.1 Å². The molecule has 0 amide bonds. The van der Waals surface area contributed by atoms with E-state index in [2.05, 4.69) is 0 Å². The lowest BCUT2D eigenvalue weighted by molar-refractivity contribution is -0.144. The Kier molecular flexibility index (Phi) is 9.65. The minimum Gasteiger partial charge on any atom is -0.481 e. The maximum atomic E-state index is 9.85. The van der Waals surface area contributed by atoms with Crippen LogP contribution in [0.2, 0.25) is 0 Å². The Hall–Kier alpha value is -1.87. The molecule has 9 heteroatoms. The van der Waals surface area contributed by atoms with Gasteiger partial charge >= 0.3 is 11.9 Å². The van der Waals surface area contributed by atoms with Crippen LogP contribution < -0.4 is 11.5 Å². The number of nitrogens with two attached hydrogens (primary N) is 2. The number of hydrogen-bond acceptors (Lipinski definition) is 5. The van der Waals surface area contributed by atoms with Gasteiger partial charge in [-0.05, 0) is 0 Å². The van der Waals surface area contributed by atoms with E-state index in [9.17, 15) is 9.59 Å². The Morgan fingerprint density at radius 2 is 1.88 bits per heavy atom. The van der Waals surface area contributed by atoms with Gasteiger partial charge in [0.05, 0.1) is 13.0 Å². The van der Waals surface area contributed by atoms with Gasteiger partial charge in [0.1, 0.15) is 6.04 Å². The van der Waals surface area contributed by atoms with Crippen LogP contribution in [0.15, 0.2) is 0 Å². The summed E-state index contributed by atoms with van der Waals surface area (Å²) in [6.45, 7) is 0.464. The average Bonchev–Trinajstić information content (AvgIpc) is 2.17. The van der Waals surface area contributed by atoms with Crippen LogP contribution in [0.4, 0.5) is 0 Å². The maximum Gasteiger partial charge on any atom is 0.321 e. The normalized spacial score (nSPS) is 10.8. The van der Waals surface area contributed by atoms with Gasteiger partial charge in [0.2, 0.25) is 0 Å². The highest BCUT2D eigenvalue weighted by molar-refractivity contribution is 5.80. The predicted octanol–water partition coefficient (Wildman–Crippen LogP) is -2.32. The van der Waals surface area contributed by atoms with Crippen molar-refractivity contribution in [2.75, 3.05) is 20.2 Å². The van der Waals surface area contributed by atoms with Crippen LogP contribution in [-0.4, -0.2) is 64.4 Å². The van der Waals surface area contributed by atoms with E-state index in [4.69, 9.17) is 32.2 Å². The van der Waals surface area contributed by atoms with Gasteiger partial charge in [-0.2, -0.15) is 0 Å². The van der Waals surface area contributed by atoms with E-state index < -0.39 is 24.4 Å². The highest BCUT2D eigenvalue weighted by Crippen LogP contribution is 1.86. The van der Waals surface area contributed by atoms with E-state index in [-0.39, 0.29) is 12.6 Å². The smallest absolute Gasteiger partial charge is 0.321 e. The number of guanidine groups is 1. The Balaban J connectivity index is 0. The minimum atomic E-state index is -1.29. The SMILES string of the molecule is CN(CCO)C(=N)N.NC(CC(=O)O)C(=O)O. The number of aliphatic hydroxyl groups excluding tert-OH is 1. The van der Waals surface area contributed by atoms with Crippen molar-refractivity contribution >= 4 is 17.9 Å². The molecule has 0 aliphatic heterocycles. The number of hydrogen-bond donors (Lipinski definition) is 6. The molecule has 0 saturated heterocycles. The number of aliphatic carboxylic acids is 2. The first kappa shape index (κ1) is 17.5. The topological polar surface area (TPSA) is 174 Å². The third-order valence-corrected chi connectivity index (χ3v) is 1.56. The van der Waals surface area contributed by atoms with Crippen molar-refractivity contribution in [3.63, 3.8) is 0 Å². The zero-order valence-electron chi connectivity index (χ0n) is 9.46. The van der Waals surface area contributed by atoms with Gasteiger partial charge in [0.25, 0.3) is 0 Å². The van der Waals surface area contributed by atoms with E-state index >= 15 is 0 Å². The Morgan fingerprint density at radius 1 is 1.41 bits per heavy atom. The van der Waals surface area contributed by atoms with Gasteiger partial charge < -0.3 is 31.7 Å². The zero-order chi connectivity index (χ0) is 14.0. The van der Waals surface area contributed by atoms with Crippen molar-refractivity contribution in [2.45, 2.75) is 12.5 Å². The molecule has 1 unspecified atom stereocenters. The summed E-state index contributed by atoms with van der Waals surface area (Å²) in [7, 11) is 1.65. The van der Waals surface area contributed by atoms with Crippen molar-refractivity contribution in [3.05, 3.63) is 0 Å². The number of nitrogens with one attached hydrogen (secondary N) is 1. The molecule has 0 aliphatic carbocycles. The molecule has 0 spiro atoms. The summed E-state index contributed by atoms with van der Waals surface area (Å²) in [4.78, 5) is 21.1. The van der Waals surface area contributed by atoms with E-state index in [0.29, 0.717) is 6.54 Å². The molecule has 0 saturated carbocycles. The van der Waals surface area contributed by atoms with Crippen molar-refractivity contribution in [1.29, 1.82) is 5.41 Å². The molecule has 0 aromatic carbocycles. The van der Waals surface area contributed by atoms with Gasteiger partial charge in [0.15, 0.2) is 5.96 Å². The maximum absolute atomic E-state index is 9.85. The lowest BCUT2D eigenvalue weighted by Gasteiger charge is -2.13. The lowest BCUT2D eigenvalue weighted by atomic mass is 10.2. The first-order valence-electron chi connectivity index (χ1n) is 4.58. The number of likely N-dealkylation sites (N-methyl/N-ethyl adjacent to an activating group) is 1. The molecule has 0 rings (SSSR count). The van der Waals surface area contributed by atoms with Crippen LogP contribution in [0.25, 0.3) is 0 Å². The summed E-state index contributed by atoms with van der Waals surface area (Å²) in [6.07, 6.45) is -0.532. The molecule has 8 N–H and O–H groups in total. The number of carbonyl (C=O) groups is 2. The quantitative estimate of drug-likeness (QED) is 0.233. The van der Waals surface area contributed by atoms with Crippen molar-refractivity contribution in [2.24, 2.45) is 11.5 Å². The van der Waals surface area contributed by atoms with Crippen molar-refractivity contribution in [1.82, 2.24) is 4.90 Å². The van der Waals surface area contributed by atoms with Crippen LogP contribution in [-0.2, 0) is 9.59 Å². The summed E-state index contributed by atoms with van der Waals surface area (Å²) >= 11 is 0. The molecule has 0 aliphatic rings. The average molecular weight is 250 g/mol. The third kappa shape index (κ3) is 12.1. The van der Waals surface area contributed by atoms with E-state index in [0.717, 1.165) is 0 Å². The standard InChI is InChI=1S/C4H11N3O.C4H7NO4/c1-7(2-3-8)4(5)6;5-2(4(8)9)1-3(6)7/h8H,2-3H2,1H3,(H3,5,6);2H,1,5H2,(H,6,7)(H,8,9). The molecule has 0 bridgehead atoms. The molecule has 0 aromatic heterocycles. The first-order chi connectivity index (χ1) is 7.72. The summed E-state index contributed by atoms with van der Waals surface area (Å²) in [5.74, 6) is -2.51.